The number of hydrogen-bond donors (Lipinski definition) is 4. The van der Waals surface area contributed by atoms with Gasteiger partial charge in [-0.15, -0.1) is 0 Å². The SMILES string of the molecule is CCn1c(-c2cccnc2[C@H](C)OC)c2c3cc(ccc31)-c1cc(O)cc(c1)C[C@H](NC(=O)[C@@H](NC)C(C)C)C(=O)N1CCC[C@H](N1)C(=O)OCC(C)(C)C2. The van der Waals surface area contributed by atoms with Crippen LogP contribution >= 0.6 is 0 Å². The third kappa shape index (κ3) is 8.41. The molecule has 4 atom stereocenters. The van der Waals surface area contributed by atoms with Crippen LogP contribution in [0, 0.1) is 11.3 Å². The number of hydrogen-bond acceptors (Lipinski definition) is 9. The van der Waals surface area contributed by atoms with Gasteiger partial charge in [0.05, 0.1) is 30.1 Å². The molecule has 0 spiro atoms. The number of nitrogens with one attached hydrogen (secondary N) is 3. The Labute approximate surface area is 323 Å². The van der Waals surface area contributed by atoms with Crippen LogP contribution in [0.5, 0.6) is 5.75 Å². The van der Waals surface area contributed by atoms with Gasteiger partial charge in [0.25, 0.3) is 5.91 Å². The van der Waals surface area contributed by atoms with Gasteiger partial charge in [-0.05, 0) is 105 Å². The number of pyridine rings is 1. The molecular weight excluding hydrogens is 697 g/mol. The van der Waals surface area contributed by atoms with Crippen LogP contribution in [0.25, 0.3) is 33.3 Å². The van der Waals surface area contributed by atoms with Crippen molar-refractivity contribution in [3.8, 4) is 28.1 Å². The molecule has 1 fully saturated rings. The lowest BCUT2D eigenvalue weighted by Gasteiger charge is -2.36. The first-order chi connectivity index (χ1) is 26.2. The van der Waals surface area contributed by atoms with E-state index in [0.29, 0.717) is 37.9 Å². The Morgan fingerprint density at radius 2 is 1.91 bits per heavy atom. The van der Waals surface area contributed by atoms with Crippen LogP contribution in [-0.4, -0.2) is 82.9 Å². The molecule has 6 rings (SSSR count). The summed E-state index contributed by atoms with van der Waals surface area (Å²) in [6.45, 7) is 13.4. The lowest BCUT2D eigenvalue weighted by molar-refractivity contribution is -0.155. The molecule has 2 aliphatic rings. The van der Waals surface area contributed by atoms with Gasteiger partial charge in [-0.3, -0.25) is 24.4 Å². The molecule has 4 N–H and O–H groups in total. The van der Waals surface area contributed by atoms with Crippen molar-refractivity contribution < 1.29 is 29.0 Å². The van der Waals surface area contributed by atoms with Crippen LogP contribution < -0.4 is 16.1 Å². The van der Waals surface area contributed by atoms with Crippen LogP contribution in [0.1, 0.15) is 77.3 Å². The van der Waals surface area contributed by atoms with E-state index >= 15 is 0 Å². The first kappa shape index (κ1) is 39.9. The molecule has 2 aromatic heterocycles. The summed E-state index contributed by atoms with van der Waals surface area (Å²) in [5.41, 5.74) is 9.96. The van der Waals surface area contributed by atoms with E-state index in [1.165, 1.54) is 5.01 Å². The van der Waals surface area contributed by atoms with Gasteiger partial charge >= 0.3 is 5.97 Å². The summed E-state index contributed by atoms with van der Waals surface area (Å²) in [4.78, 5) is 46.3. The molecule has 4 aromatic rings. The summed E-state index contributed by atoms with van der Waals surface area (Å²) in [5, 5.41) is 19.7. The number of aryl methyl sites for hydroxylation is 1. The van der Waals surface area contributed by atoms with Gasteiger partial charge in [-0.2, -0.15) is 0 Å². The van der Waals surface area contributed by atoms with Gasteiger partial charge in [0.1, 0.15) is 17.8 Å². The van der Waals surface area contributed by atoms with Crippen molar-refractivity contribution in [3.05, 3.63) is 71.5 Å². The number of rotatable bonds is 8. The summed E-state index contributed by atoms with van der Waals surface area (Å²) in [5.74, 6) is -1.08. The number of aromatic hydroxyl groups is 1. The summed E-state index contributed by atoms with van der Waals surface area (Å²) < 4.78 is 14.2. The van der Waals surface area contributed by atoms with Crippen LogP contribution in [0.2, 0.25) is 0 Å². The summed E-state index contributed by atoms with van der Waals surface area (Å²) in [6.07, 6.45) is 3.32. The number of methoxy groups -OCH3 is 1. The number of carbonyl (C=O) groups excluding carboxylic acids is 3. The number of hydrazine groups is 1. The van der Waals surface area contributed by atoms with E-state index in [4.69, 9.17) is 14.5 Å². The molecule has 0 unspecified atom stereocenters. The molecule has 12 nitrogen and oxygen atoms in total. The normalized spacial score (nSPS) is 20.2. The van der Waals surface area contributed by atoms with Crippen molar-refractivity contribution in [1.29, 1.82) is 0 Å². The van der Waals surface area contributed by atoms with E-state index < -0.39 is 29.5 Å². The number of phenolic OH excluding ortho intramolecular Hbond substituents is 1. The van der Waals surface area contributed by atoms with Gasteiger partial charge < -0.3 is 29.8 Å². The van der Waals surface area contributed by atoms with E-state index in [0.717, 1.165) is 44.5 Å². The highest BCUT2D eigenvalue weighted by molar-refractivity contribution is 5.95. The Bertz CT molecular complexity index is 2060. The molecule has 0 aliphatic carbocycles. The largest absolute Gasteiger partial charge is 0.508 e. The van der Waals surface area contributed by atoms with Gasteiger partial charge in [0.2, 0.25) is 5.91 Å². The fraction of sp³-hybridized carbons (Fsp3) is 0.488. The minimum absolute atomic E-state index is 0.0285. The molecule has 2 aliphatic heterocycles. The van der Waals surface area contributed by atoms with Crippen molar-refractivity contribution in [3.63, 3.8) is 0 Å². The highest BCUT2D eigenvalue weighted by Gasteiger charge is 2.36. The van der Waals surface area contributed by atoms with Crippen LogP contribution in [0.15, 0.2) is 54.7 Å². The average Bonchev–Trinajstić information content (AvgIpc) is 3.47. The average molecular weight is 753 g/mol. The highest BCUT2D eigenvalue weighted by atomic mass is 16.5. The predicted octanol–water partition coefficient (Wildman–Crippen LogP) is 5.70. The van der Waals surface area contributed by atoms with Crippen LogP contribution in [0.4, 0.5) is 0 Å². The first-order valence-electron chi connectivity index (χ1n) is 19.4. The van der Waals surface area contributed by atoms with E-state index in [1.807, 2.05) is 32.9 Å². The molecule has 0 saturated carbocycles. The molecule has 0 radical (unpaired) electrons. The topological polar surface area (TPSA) is 147 Å². The number of benzene rings is 2. The molecular formula is C43H56N6O6. The van der Waals surface area contributed by atoms with Crippen molar-refractivity contribution in [1.82, 2.24) is 30.6 Å². The molecule has 2 aromatic carbocycles. The van der Waals surface area contributed by atoms with E-state index in [-0.39, 0.29) is 42.6 Å². The molecule has 4 heterocycles. The van der Waals surface area contributed by atoms with Crippen LogP contribution in [0.3, 0.4) is 0 Å². The Morgan fingerprint density at radius 1 is 1.13 bits per heavy atom. The van der Waals surface area contributed by atoms with Crippen molar-refractivity contribution in [2.24, 2.45) is 11.3 Å². The van der Waals surface area contributed by atoms with E-state index in [1.54, 1.807) is 32.5 Å². The zero-order valence-corrected chi connectivity index (χ0v) is 33.4. The summed E-state index contributed by atoms with van der Waals surface area (Å²) >= 11 is 0. The second-order valence-electron chi connectivity index (χ2n) is 16.0. The number of esters is 1. The third-order valence-electron chi connectivity index (χ3n) is 10.9. The van der Waals surface area contributed by atoms with Gasteiger partial charge in [-0.1, -0.05) is 39.8 Å². The van der Waals surface area contributed by atoms with E-state index in [9.17, 15) is 19.5 Å². The Hall–Kier alpha value is -4.78. The number of likely N-dealkylation sites (N-methyl/N-ethyl adjacent to an activating group) is 1. The van der Waals surface area contributed by atoms with Gasteiger partial charge in [-0.25, -0.2) is 5.43 Å². The molecule has 294 valence electrons. The molecule has 12 heteroatoms. The summed E-state index contributed by atoms with van der Waals surface area (Å²) in [6, 6.07) is 13.5. The zero-order chi connectivity index (χ0) is 39.6. The number of phenols is 1. The Morgan fingerprint density at radius 3 is 2.62 bits per heavy atom. The minimum Gasteiger partial charge on any atom is -0.508 e. The number of ether oxygens (including phenoxy) is 2. The lowest BCUT2D eigenvalue weighted by atomic mass is 9.84. The monoisotopic (exact) mass is 752 g/mol. The van der Waals surface area contributed by atoms with E-state index in [2.05, 4.69) is 65.7 Å². The fourth-order valence-electron chi connectivity index (χ4n) is 8.10. The smallest absolute Gasteiger partial charge is 0.324 e. The van der Waals surface area contributed by atoms with Crippen molar-refractivity contribution in [2.45, 2.75) is 98.0 Å². The van der Waals surface area contributed by atoms with Crippen molar-refractivity contribution >= 4 is 28.7 Å². The maximum absolute atomic E-state index is 14.3. The van der Waals surface area contributed by atoms with Crippen molar-refractivity contribution in [2.75, 3.05) is 27.3 Å². The Kier molecular flexibility index (Phi) is 12.0. The number of aromatic nitrogens is 2. The number of fused-ring (bicyclic) bond motifs is 6. The number of amides is 2. The third-order valence-corrected chi connectivity index (χ3v) is 10.9. The highest BCUT2D eigenvalue weighted by Crippen LogP contribution is 2.42. The molecule has 6 bridgehead atoms. The standard InChI is InChI=1S/C43H56N6O6/c1-9-48-36-15-14-28-22-32(36)33(39(48)31-12-10-16-45-38(31)26(4)54-8)23-43(5,6)24-55-42(53)34-13-11-17-49(47-34)41(52)35(46-40(51)37(44-7)25(2)3)20-27-18-29(28)21-30(50)19-27/h10,12,14-16,18-19,21-22,25-26,34-35,37,44,47,50H,9,11,13,17,20,23-24H2,1-8H3,(H,46,51)/t26-,34-,35-,37-/m0/s1. The zero-order valence-electron chi connectivity index (χ0n) is 33.4. The Balaban J connectivity index is 1.54. The fourth-order valence-corrected chi connectivity index (χ4v) is 8.10. The predicted molar refractivity (Wildman–Crippen MR) is 213 cm³/mol. The lowest BCUT2D eigenvalue weighted by Crippen LogP contribution is -2.61. The van der Waals surface area contributed by atoms with Gasteiger partial charge in [0, 0.05) is 54.7 Å². The van der Waals surface area contributed by atoms with Gasteiger partial charge in [0.15, 0.2) is 0 Å². The maximum Gasteiger partial charge on any atom is 0.324 e. The minimum atomic E-state index is -0.977. The second kappa shape index (κ2) is 16.5. The quantitative estimate of drug-likeness (QED) is 0.167. The maximum atomic E-state index is 14.3. The molecule has 2 amide bonds. The molecule has 1 saturated heterocycles. The number of carbonyl (C=O) groups is 3. The van der Waals surface area contributed by atoms with Crippen LogP contribution in [-0.2, 0) is 43.2 Å². The first-order valence-corrected chi connectivity index (χ1v) is 19.4. The number of nitrogens with zero attached hydrogens (tertiary/aromatic N) is 3. The molecule has 55 heavy (non-hydrogen) atoms. The number of cyclic esters (lactones) is 1. The summed E-state index contributed by atoms with van der Waals surface area (Å²) in [7, 11) is 3.40. The second-order valence-corrected chi connectivity index (χ2v) is 16.0.